The molecule has 0 spiro atoms. The minimum absolute atomic E-state index is 0.653. The summed E-state index contributed by atoms with van der Waals surface area (Å²) in [6.45, 7) is 4.45. The Kier molecular flexibility index (Phi) is 3.25. The number of hydrogen-bond acceptors (Lipinski definition) is 2. The Balaban J connectivity index is 2.56. The summed E-state index contributed by atoms with van der Waals surface area (Å²) in [5.74, 6) is 1.55. The quantitative estimate of drug-likeness (QED) is 0.853. The van der Waals surface area contributed by atoms with Gasteiger partial charge in [0.1, 0.15) is 0 Å². The molecule has 0 bridgehead atoms. The zero-order valence-electron chi connectivity index (χ0n) is 9.87. The number of rotatable bonds is 3. The average molecular weight is 280 g/mol. The molecule has 1 N–H and O–H groups in total. The zero-order valence-corrected chi connectivity index (χ0v) is 12.3. The molecule has 3 nitrogen and oxygen atoms in total. The number of nitrogens with one attached hydrogen (secondary N) is 1. The van der Waals surface area contributed by atoms with Crippen LogP contribution in [0, 0.1) is 5.92 Å². The van der Waals surface area contributed by atoms with Crippen molar-refractivity contribution >= 4 is 32.2 Å². The van der Waals surface area contributed by atoms with Gasteiger partial charge in [-0.2, -0.15) is 0 Å². The molecule has 1 aromatic heterocycles. The predicted octanol–water partition coefficient (Wildman–Crippen LogP) is 1.03. The number of ether oxygens (including phenoxy) is 1. The molecule has 1 heterocycles. The van der Waals surface area contributed by atoms with Crippen molar-refractivity contribution < 1.29 is 4.74 Å². The van der Waals surface area contributed by atoms with Crippen molar-refractivity contribution in [1.29, 1.82) is 0 Å². The molecule has 1 unspecified atom stereocenters. The third kappa shape index (κ3) is 2.10. The van der Waals surface area contributed by atoms with Crippen molar-refractivity contribution in [1.82, 2.24) is 10.2 Å². The Morgan fingerprint density at radius 3 is 2.81 bits per heavy atom. The number of aromatic nitrogens is 2. The normalized spacial score (nSPS) is 11.3. The van der Waals surface area contributed by atoms with Crippen LogP contribution in [-0.4, -0.2) is 34.2 Å². The van der Waals surface area contributed by atoms with Crippen LogP contribution in [-0.2, 0) is 6.42 Å². The summed E-state index contributed by atoms with van der Waals surface area (Å²) in [6, 6.07) is 4.32. The molecule has 16 heavy (non-hydrogen) atoms. The van der Waals surface area contributed by atoms with Crippen LogP contribution >= 0.6 is 0 Å². The molecule has 0 saturated carbocycles. The zero-order chi connectivity index (χ0) is 11.7. The van der Waals surface area contributed by atoms with Crippen molar-refractivity contribution in [3.63, 3.8) is 0 Å². The third-order valence-corrected chi connectivity index (χ3v) is 3.51. The van der Waals surface area contributed by atoms with Gasteiger partial charge in [0.25, 0.3) is 0 Å². The minimum atomic E-state index is 0.653. The summed E-state index contributed by atoms with van der Waals surface area (Å²) < 4.78 is 6.49. The van der Waals surface area contributed by atoms with E-state index in [2.05, 4.69) is 36.2 Å². The summed E-state index contributed by atoms with van der Waals surface area (Å²) >= 11 is 1.54. The van der Waals surface area contributed by atoms with Crippen molar-refractivity contribution in [3.05, 3.63) is 17.7 Å². The van der Waals surface area contributed by atoms with Gasteiger partial charge in [-0.15, -0.1) is 0 Å². The first kappa shape index (κ1) is 11.5. The van der Waals surface area contributed by atoms with Crippen LogP contribution < -0.4 is 9.22 Å². The van der Waals surface area contributed by atoms with Crippen molar-refractivity contribution in [2.24, 2.45) is 5.92 Å². The molecule has 1 atom stereocenters. The Labute approximate surface area is 104 Å². The standard InChI is InChI=1S/C12H17AsN2O/c1-7(2)4-8-5-9-11(10(6-8)16-3)14-15-12(9)13/h5-7H,4,13H2,1-3H3,(H,14,15). The van der Waals surface area contributed by atoms with Crippen molar-refractivity contribution in [2.75, 3.05) is 7.11 Å². The first-order valence-electron chi connectivity index (χ1n) is 5.42. The van der Waals surface area contributed by atoms with E-state index >= 15 is 0 Å². The summed E-state index contributed by atoms with van der Waals surface area (Å²) in [7, 11) is 1.70. The number of benzene rings is 1. The van der Waals surface area contributed by atoms with E-state index in [0.29, 0.717) is 5.92 Å². The Morgan fingerprint density at radius 1 is 1.44 bits per heavy atom. The molecule has 4 heteroatoms. The van der Waals surface area contributed by atoms with Gasteiger partial charge >= 0.3 is 104 Å². The van der Waals surface area contributed by atoms with Crippen molar-refractivity contribution in [2.45, 2.75) is 20.3 Å². The summed E-state index contributed by atoms with van der Waals surface area (Å²) in [5.41, 5.74) is 2.33. The molecule has 0 amide bonds. The van der Waals surface area contributed by atoms with Gasteiger partial charge in [0.2, 0.25) is 0 Å². The summed E-state index contributed by atoms with van der Waals surface area (Å²) in [4.78, 5) is 0. The van der Waals surface area contributed by atoms with E-state index < -0.39 is 0 Å². The van der Waals surface area contributed by atoms with Crippen LogP contribution in [0.25, 0.3) is 10.9 Å². The van der Waals surface area contributed by atoms with Gasteiger partial charge < -0.3 is 0 Å². The number of hydrogen-bond donors (Lipinski definition) is 1. The van der Waals surface area contributed by atoms with Gasteiger partial charge in [0.15, 0.2) is 0 Å². The van der Waals surface area contributed by atoms with E-state index in [1.165, 1.54) is 27.8 Å². The molecule has 0 fully saturated rings. The number of fused-ring (bicyclic) bond motifs is 1. The molecule has 0 radical (unpaired) electrons. The Bertz CT molecular complexity index is 505. The average Bonchev–Trinajstić information content (AvgIpc) is 2.59. The first-order chi connectivity index (χ1) is 7.61. The van der Waals surface area contributed by atoms with Gasteiger partial charge in [-0.25, -0.2) is 0 Å². The maximum atomic E-state index is 5.40. The fraction of sp³-hybridized carbons (Fsp3) is 0.417. The molecule has 86 valence electrons. The second kappa shape index (κ2) is 4.50. The second-order valence-corrected chi connectivity index (χ2v) is 5.57. The number of methoxy groups -OCH3 is 1. The number of nitrogens with zero attached hydrogens (tertiary/aromatic N) is 1. The van der Waals surface area contributed by atoms with Crippen molar-refractivity contribution in [3.8, 4) is 5.75 Å². The van der Waals surface area contributed by atoms with Crippen LogP contribution in [0.2, 0.25) is 0 Å². The van der Waals surface area contributed by atoms with Gasteiger partial charge in [-0.1, -0.05) is 0 Å². The number of H-pyrrole nitrogens is 1. The maximum absolute atomic E-state index is 5.40. The first-order valence-corrected chi connectivity index (χ1v) is 6.63. The third-order valence-electron chi connectivity index (χ3n) is 2.59. The number of aromatic amines is 1. The Hall–Kier alpha value is -0.952. The van der Waals surface area contributed by atoms with Crippen LogP contribution in [0.1, 0.15) is 19.4 Å². The monoisotopic (exact) mass is 280 g/mol. The van der Waals surface area contributed by atoms with E-state index in [-0.39, 0.29) is 0 Å². The topological polar surface area (TPSA) is 37.9 Å². The van der Waals surface area contributed by atoms with E-state index in [1.54, 1.807) is 7.11 Å². The molecule has 2 aromatic rings. The van der Waals surface area contributed by atoms with Crippen LogP contribution in [0.4, 0.5) is 0 Å². The summed E-state index contributed by atoms with van der Waals surface area (Å²) in [5, 5.41) is 8.47. The second-order valence-electron chi connectivity index (χ2n) is 4.43. The van der Waals surface area contributed by atoms with Crippen LogP contribution in [0.5, 0.6) is 5.75 Å². The molecular formula is C12H17AsN2O. The van der Waals surface area contributed by atoms with E-state index in [1.807, 2.05) is 0 Å². The van der Waals surface area contributed by atoms with Crippen LogP contribution in [0.15, 0.2) is 12.1 Å². The molecule has 1 aromatic carbocycles. The molecular weight excluding hydrogens is 263 g/mol. The molecule has 2 rings (SSSR count). The van der Waals surface area contributed by atoms with Crippen LogP contribution in [0.3, 0.4) is 0 Å². The van der Waals surface area contributed by atoms with Gasteiger partial charge in [-0.3, -0.25) is 0 Å². The Morgan fingerprint density at radius 2 is 2.19 bits per heavy atom. The van der Waals surface area contributed by atoms with Gasteiger partial charge in [0.05, 0.1) is 0 Å². The van der Waals surface area contributed by atoms with E-state index in [9.17, 15) is 0 Å². The summed E-state index contributed by atoms with van der Waals surface area (Å²) in [6.07, 6.45) is 1.07. The molecule has 0 aliphatic rings. The molecule has 0 aliphatic heterocycles. The SMILES string of the molecule is COc1cc(CC(C)C)cc2c([AsH2])n[nH]c12. The fourth-order valence-corrected chi connectivity index (χ4v) is 2.53. The fourth-order valence-electron chi connectivity index (χ4n) is 1.92. The van der Waals surface area contributed by atoms with Gasteiger partial charge in [-0.05, 0) is 0 Å². The predicted molar refractivity (Wildman–Crippen MR) is 69.4 cm³/mol. The molecule has 0 saturated heterocycles. The van der Waals surface area contributed by atoms with Gasteiger partial charge in [0, 0.05) is 0 Å². The van der Waals surface area contributed by atoms with E-state index in [0.717, 1.165) is 22.2 Å². The molecule has 0 aliphatic carbocycles. The van der Waals surface area contributed by atoms with E-state index in [4.69, 9.17) is 4.74 Å².